The molecule has 2 amide bonds. The average molecular weight is 619 g/mol. The van der Waals surface area contributed by atoms with Crippen LogP contribution in [0.4, 0.5) is 5.82 Å². The Balaban J connectivity index is 1.82. The van der Waals surface area contributed by atoms with Crippen molar-refractivity contribution >= 4 is 41.0 Å². The number of nitrogens with one attached hydrogen (secondary N) is 1. The van der Waals surface area contributed by atoms with Crippen molar-refractivity contribution in [2.24, 2.45) is 0 Å². The number of halogens is 1. The van der Waals surface area contributed by atoms with Crippen LogP contribution in [-0.2, 0) is 9.59 Å². The van der Waals surface area contributed by atoms with Crippen LogP contribution in [0.5, 0.6) is 11.5 Å². The van der Waals surface area contributed by atoms with Gasteiger partial charge in [0.25, 0.3) is 0 Å². The SMILES string of the molecule is CC[C@@H](C)NC(=O)CN1C(=O)CS[C@H](c2cc(OC)ccc2OC)c2c(-c3ccc(Cl)cc3)nn(-c3ccc(C)cc3)c21. The molecular weight excluding hydrogens is 584 g/mol. The Bertz CT molecular complexity index is 1620. The number of carbonyl (C=O) groups excluding carboxylic acids is 2. The van der Waals surface area contributed by atoms with Crippen molar-refractivity contribution in [1.82, 2.24) is 15.1 Å². The molecule has 1 N–H and O–H groups in total. The zero-order chi connectivity index (χ0) is 30.7. The standard InChI is InChI=1S/C33H35ClN4O4S/c1-6-21(3)35-28(39)18-37-29(40)19-43-32(26-17-25(41-4)15-16-27(26)42-5)30-31(22-9-11-23(34)12-10-22)36-38(33(30)37)24-13-7-20(2)8-14-24/h7-17,21,32H,6,18-19H2,1-5H3,(H,35,39)/t21-,32-/m1/s1. The molecule has 1 aromatic heterocycles. The molecule has 0 aliphatic carbocycles. The number of anilines is 1. The molecule has 5 rings (SSSR count). The minimum Gasteiger partial charge on any atom is -0.497 e. The maximum Gasteiger partial charge on any atom is 0.240 e. The predicted molar refractivity (Wildman–Crippen MR) is 173 cm³/mol. The topological polar surface area (TPSA) is 85.7 Å². The lowest BCUT2D eigenvalue weighted by Crippen LogP contribution is -2.44. The van der Waals surface area contributed by atoms with Gasteiger partial charge in [0.1, 0.15) is 23.9 Å². The number of aromatic nitrogens is 2. The third-order valence-corrected chi connectivity index (χ3v) is 9.01. The summed E-state index contributed by atoms with van der Waals surface area (Å²) in [5.41, 5.74) is 5.00. The van der Waals surface area contributed by atoms with E-state index in [4.69, 9.17) is 26.2 Å². The van der Waals surface area contributed by atoms with Crippen LogP contribution in [0.3, 0.4) is 0 Å². The second-order valence-corrected chi connectivity index (χ2v) is 12.0. The Hall–Kier alpha value is -3.95. The van der Waals surface area contributed by atoms with E-state index < -0.39 is 0 Å². The Labute approximate surface area is 261 Å². The fourth-order valence-corrected chi connectivity index (χ4v) is 6.40. The second kappa shape index (κ2) is 13.1. The summed E-state index contributed by atoms with van der Waals surface area (Å²) in [6, 6.07) is 21.0. The number of hydrogen-bond acceptors (Lipinski definition) is 6. The van der Waals surface area contributed by atoms with E-state index in [1.807, 2.05) is 87.5 Å². The molecule has 0 bridgehead atoms. The molecule has 1 aliphatic heterocycles. The first-order valence-electron chi connectivity index (χ1n) is 14.1. The molecule has 0 fully saturated rings. The van der Waals surface area contributed by atoms with Crippen LogP contribution in [0.1, 0.15) is 42.2 Å². The van der Waals surface area contributed by atoms with Crippen molar-refractivity contribution < 1.29 is 19.1 Å². The van der Waals surface area contributed by atoms with Gasteiger partial charge in [0.05, 0.1) is 36.6 Å². The second-order valence-electron chi connectivity index (χ2n) is 10.5. The smallest absolute Gasteiger partial charge is 0.240 e. The Morgan fingerprint density at radius 2 is 1.81 bits per heavy atom. The van der Waals surface area contributed by atoms with E-state index in [1.165, 1.54) is 11.8 Å². The maximum atomic E-state index is 14.0. The van der Waals surface area contributed by atoms with Gasteiger partial charge in [-0.3, -0.25) is 14.5 Å². The van der Waals surface area contributed by atoms with Crippen molar-refractivity contribution in [3.8, 4) is 28.4 Å². The van der Waals surface area contributed by atoms with Gasteiger partial charge in [-0.1, -0.05) is 48.4 Å². The van der Waals surface area contributed by atoms with Crippen LogP contribution in [0.2, 0.25) is 5.02 Å². The number of carbonyl (C=O) groups is 2. The van der Waals surface area contributed by atoms with Gasteiger partial charge in [-0.2, -0.15) is 5.10 Å². The highest BCUT2D eigenvalue weighted by Crippen LogP contribution is 2.51. The minimum atomic E-state index is -0.378. The number of amides is 2. The van der Waals surface area contributed by atoms with Crippen LogP contribution in [0, 0.1) is 6.92 Å². The molecule has 0 saturated carbocycles. The Kier molecular flexibility index (Phi) is 9.32. The van der Waals surface area contributed by atoms with Crippen LogP contribution >= 0.6 is 23.4 Å². The molecule has 0 unspecified atom stereocenters. The zero-order valence-corrected chi connectivity index (χ0v) is 26.5. The largest absolute Gasteiger partial charge is 0.497 e. The fraction of sp³-hybridized carbons (Fsp3) is 0.303. The monoisotopic (exact) mass is 618 g/mol. The molecule has 8 nitrogen and oxygen atoms in total. The van der Waals surface area contributed by atoms with Crippen molar-refractivity contribution in [3.05, 3.63) is 88.4 Å². The lowest BCUT2D eigenvalue weighted by atomic mass is 9.98. The lowest BCUT2D eigenvalue weighted by Gasteiger charge is -2.24. The van der Waals surface area contributed by atoms with Gasteiger partial charge in [-0.05, 0) is 62.7 Å². The highest BCUT2D eigenvalue weighted by Gasteiger charge is 2.39. The minimum absolute atomic E-state index is 0.0242. The number of benzene rings is 3. The molecule has 10 heteroatoms. The van der Waals surface area contributed by atoms with E-state index in [-0.39, 0.29) is 35.4 Å². The average Bonchev–Trinajstić information content (AvgIpc) is 3.33. The Morgan fingerprint density at radius 1 is 1.09 bits per heavy atom. The van der Waals surface area contributed by atoms with E-state index in [9.17, 15) is 9.59 Å². The summed E-state index contributed by atoms with van der Waals surface area (Å²) in [6.45, 7) is 5.83. The summed E-state index contributed by atoms with van der Waals surface area (Å²) in [5.74, 6) is 1.58. The quantitative estimate of drug-likeness (QED) is 0.227. The number of nitrogens with zero attached hydrogens (tertiary/aromatic N) is 3. The first kappa shape index (κ1) is 30.5. The van der Waals surface area contributed by atoms with Gasteiger partial charge in [-0.25, -0.2) is 4.68 Å². The number of aryl methyl sites for hydroxylation is 1. The number of fused-ring (bicyclic) bond motifs is 1. The molecule has 0 saturated heterocycles. The highest BCUT2D eigenvalue weighted by atomic mass is 35.5. The molecule has 4 aromatic rings. The first-order valence-corrected chi connectivity index (χ1v) is 15.6. The summed E-state index contributed by atoms with van der Waals surface area (Å²) in [5, 5.41) is 8.38. The molecular formula is C33H35ClN4O4S. The normalized spacial score (nSPS) is 15.4. The van der Waals surface area contributed by atoms with Gasteiger partial charge >= 0.3 is 0 Å². The van der Waals surface area contributed by atoms with Crippen LogP contribution in [0.25, 0.3) is 16.9 Å². The van der Waals surface area contributed by atoms with E-state index in [0.29, 0.717) is 28.0 Å². The van der Waals surface area contributed by atoms with Gasteiger partial charge in [-0.15, -0.1) is 11.8 Å². The molecule has 0 spiro atoms. The van der Waals surface area contributed by atoms with Crippen LogP contribution in [-0.4, -0.2) is 54.2 Å². The molecule has 3 aromatic carbocycles. The van der Waals surface area contributed by atoms with Gasteiger partial charge < -0.3 is 14.8 Å². The molecule has 224 valence electrons. The van der Waals surface area contributed by atoms with E-state index in [0.717, 1.165) is 34.4 Å². The third-order valence-electron chi connectivity index (χ3n) is 7.53. The maximum absolute atomic E-state index is 14.0. The predicted octanol–water partition coefficient (Wildman–Crippen LogP) is 6.60. The summed E-state index contributed by atoms with van der Waals surface area (Å²) >= 11 is 7.75. The number of thioether (sulfide) groups is 1. The highest BCUT2D eigenvalue weighted by molar-refractivity contribution is 8.00. The summed E-state index contributed by atoms with van der Waals surface area (Å²) in [7, 11) is 3.24. The fourth-order valence-electron chi connectivity index (χ4n) is 5.06. The lowest BCUT2D eigenvalue weighted by molar-refractivity contribution is -0.123. The number of methoxy groups -OCH3 is 2. The molecule has 2 atom stereocenters. The summed E-state index contributed by atoms with van der Waals surface area (Å²) in [4.78, 5) is 28.8. The number of ether oxygens (including phenoxy) is 2. The number of hydrogen-bond donors (Lipinski definition) is 1. The van der Waals surface area contributed by atoms with Crippen molar-refractivity contribution in [2.75, 3.05) is 31.4 Å². The Morgan fingerprint density at radius 3 is 2.47 bits per heavy atom. The van der Waals surface area contributed by atoms with E-state index in [1.54, 1.807) is 23.8 Å². The summed E-state index contributed by atoms with van der Waals surface area (Å²) < 4.78 is 13.2. The van der Waals surface area contributed by atoms with Gasteiger partial charge in [0.2, 0.25) is 11.8 Å². The van der Waals surface area contributed by atoms with E-state index >= 15 is 0 Å². The molecule has 0 radical (unpaired) electrons. The third kappa shape index (κ3) is 6.38. The molecule has 2 heterocycles. The molecule has 43 heavy (non-hydrogen) atoms. The zero-order valence-electron chi connectivity index (χ0n) is 24.9. The van der Waals surface area contributed by atoms with Crippen molar-refractivity contribution in [1.29, 1.82) is 0 Å². The van der Waals surface area contributed by atoms with Gasteiger partial charge in [0.15, 0.2) is 0 Å². The van der Waals surface area contributed by atoms with Crippen LogP contribution < -0.4 is 19.7 Å². The van der Waals surface area contributed by atoms with Crippen molar-refractivity contribution in [2.45, 2.75) is 38.5 Å². The van der Waals surface area contributed by atoms with Crippen molar-refractivity contribution in [3.63, 3.8) is 0 Å². The first-order chi connectivity index (χ1) is 20.7. The molecule has 1 aliphatic rings. The van der Waals surface area contributed by atoms with Crippen LogP contribution in [0.15, 0.2) is 66.7 Å². The number of rotatable bonds is 9. The van der Waals surface area contributed by atoms with Gasteiger partial charge in [0, 0.05) is 27.8 Å². The van der Waals surface area contributed by atoms with E-state index in [2.05, 4.69) is 5.32 Å². The summed E-state index contributed by atoms with van der Waals surface area (Å²) in [6.07, 6.45) is 0.778.